The van der Waals surface area contributed by atoms with Crippen LogP contribution in [0.1, 0.15) is 40.5 Å². The fourth-order valence-corrected chi connectivity index (χ4v) is 1.74. The van der Waals surface area contributed by atoms with Crippen LogP contribution in [0.2, 0.25) is 0 Å². The Morgan fingerprint density at radius 3 is 2.09 bits per heavy atom. The van der Waals surface area contributed by atoms with Gasteiger partial charge >= 0.3 is 0 Å². The molecule has 11 heavy (non-hydrogen) atoms. The van der Waals surface area contributed by atoms with E-state index >= 15 is 0 Å². The van der Waals surface area contributed by atoms with E-state index in [0.717, 1.165) is 11.8 Å². The predicted molar refractivity (Wildman–Crippen MR) is 50.5 cm³/mol. The van der Waals surface area contributed by atoms with Crippen molar-refractivity contribution >= 4 is 0 Å². The lowest BCUT2D eigenvalue weighted by Crippen LogP contribution is -2.30. The second-order valence-electron chi connectivity index (χ2n) is 5.07. The van der Waals surface area contributed by atoms with Gasteiger partial charge in [-0.15, -0.1) is 0 Å². The topological polar surface area (TPSA) is 0 Å². The van der Waals surface area contributed by atoms with Crippen LogP contribution in [0.5, 0.6) is 0 Å². The number of hydrogen-bond donors (Lipinski definition) is 0. The quantitative estimate of drug-likeness (QED) is 0.503. The Hall–Kier alpha value is -0.260. The highest BCUT2D eigenvalue weighted by atomic mass is 14.4. The zero-order valence-corrected chi connectivity index (χ0v) is 8.28. The van der Waals surface area contributed by atoms with E-state index in [-0.39, 0.29) is 0 Å². The number of hydrogen-bond acceptors (Lipinski definition) is 0. The van der Waals surface area contributed by atoms with Crippen molar-refractivity contribution in [3.63, 3.8) is 0 Å². The van der Waals surface area contributed by atoms with Crippen molar-refractivity contribution in [1.82, 2.24) is 0 Å². The summed E-state index contributed by atoms with van der Waals surface area (Å²) in [5.41, 5.74) is 1.93. The van der Waals surface area contributed by atoms with Gasteiger partial charge in [0, 0.05) is 0 Å². The minimum atomic E-state index is 0.478. The highest BCUT2D eigenvalue weighted by Gasteiger charge is 2.33. The van der Waals surface area contributed by atoms with E-state index in [1.54, 1.807) is 0 Å². The molecule has 1 atom stereocenters. The van der Waals surface area contributed by atoms with Crippen LogP contribution in [0.25, 0.3) is 0 Å². The molecule has 0 heterocycles. The Morgan fingerprint density at radius 2 is 1.82 bits per heavy atom. The van der Waals surface area contributed by atoms with Gasteiger partial charge in [-0.25, -0.2) is 0 Å². The van der Waals surface area contributed by atoms with Crippen molar-refractivity contribution in [1.29, 1.82) is 0 Å². The lowest BCUT2D eigenvalue weighted by Gasteiger charge is -2.40. The summed E-state index contributed by atoms with van der Waals surface area (Å²) in [7, 11) is 0. The van der Waals surface area contributed by atoms with E-state index in [1.807, 2.05) is 0 Å². The SMILES string of the molecule is C=C1CC(C(C)C(C)(C)C)C1. The Balaban J connectivity index is 2.43. The molecule has 1 fully saturated rings. The molecule has 1 unspecified atom stereocenters. The zero-order chi connectivity index (χ0) is 8.65. The van der Waals surface area contributed by atoms with Gasteiger partial charge in [-0.05, 0) is 30.1 Å². The van der Waals surface area contributed by atoms with E-state index < -0.39 is 0 Å². The Labute approximate surface area is 70.7 Å². The molecule has 1 rings (SSSR count). The molecule has 0 radical (unpaired) electrons. The van der Waals surface area contributed by atoms with E-state index in [4.69, 9.17) is 0 Å². The van der Waals surface area contributed by atoms with Gasteiger partial charge in [-0.2, -0.15) is 0 Å². The lowest BCUT2D eigenvalue weighted by molar-refractivity contribution is 0.146. The first-order valence-corrected chi connectivity index (χ1v) is 4.58. The van der Waals surface area contributed by atoms with Crippen molar-refractivity contribution in [2.45, 2.75) is 40.5 Å². The third kappa shape index (κ3) is 1.85. The fraction of sp³-hybridized carbons (Fsp3) is 0.818. The van der Waals surface area contributed by atoms with Gasteiger partial charge < -0.3 is 0 Å². The molecule has 1 aliphatic rings. The maximum absolute atomic E-state index is 3.98. The molecule has 0 bridgehead atoms. The van der Waals surface area contributed by atoms with Crippen molar-refractivity contribution in [2.24, 2.45) is 17.3 Å². The lowest BCUT2D eigenvalue weighted by atomic mass is 9.65. The third-order valence-corrected chi connectivity index (χ3v) is 3.17. The van der Waals surface area contributed by atoms with Crippen LogP contribution in [0.15, 0.2) is 12.2 Å². The smallest absolute Gasteiger partial charge is 0.0289 e. The average molecular weight is 152 g/mol. The minimum absolute atomic E-state index is 0.478. The maximum atomic E-state index is 3.98. The number of rotatable bonds is 1. The molecule has 0 aromatic rings. The van der Waals surface area contributed by atoms with Crippen LogP contribution in [0.4, 0.5) is 0 Å². The Morgan fingerprint density at radius 1 is 1.36 bits per heavy atom. The summed E-state index contributed by atoms with van der Waals surface area (Å²) in [5.74, 6) is 1.76. The first-order valence-electron chi connectivity index (χ1n) is 4.58. The van der Waals surface area contributed by atoms with E-state index in [1.165, 1.54) is 18.4 Å². The molecular weight excluding hydrogens is 132 g/mol. The van der Waals surface area contributed by atoms with Gasteiger partial charge in [-0.1, -0.05) is 39.8 Å². The van der Waals surface area contributed by atoms with Crippen molar-refractivity contribution in [3.8, 4) is 0 Å². The van der Waals surface area contributed by atoms with Gasteiger partial charge in [0.15, 0.2) is 0 Å². The monoisotopic (exact) mass is 152 g/mol. The Bertz CT molecular complexity index is 151. The third-order valence-electron chi connectivity index (χ3n) is 3.17. The molecule has 1 saturated carbocycles. The summed E-state index contributed by atoms with van der Waals surface area (Å²) >= 11 is 0. The second kappa shape index (κ2) is 2.66. The largest absolute Gasteiger partial charge is 0.0998 e. The average Bonchev–Trinajstić information content (AvgIpc) is 1.77. The van der Waals surface area contributed by atoms with Crippen LogP contribution in [0.3, 0.4) is 0 Å². The first kappa shape index (κ1) is 8.83. The van der Waals surface area contributed by atoms with Crippen molar-refractivity contribution in [3.05, 3.63) is 12.2 Å². The first-order chi connectivity index (χ1) is 4.91. The van der Waals surface area contributed by atoms with E-state index in [9.17, 15) is 0 Å². The molecule has 0 nitrogen and oxygen atoms in total. The van der Waals surface area contributed by atoms with Crippen molar-refractivity contribution in [2.75, 3.05) is 0 Å². The van der Waals surface area contributed by atoms with E-state index in [2.05, 4.69) is 34.3 Å². The number of allylic oxidation sites excluding steroid dienone is 1. The predicted octanol–water partition coefficient (Wildman–Crippen LogP) is 3.63. The molecule has 0 saturated heterocycles. The standard InChI is InChI=1S/C11H20/c1-8-6-10(7-8)9(2)11(3,4)5/h9-10H,1,6-7H2,2-5H3. The van der Waals surface area contributed by atoms with Gasteiger partial charge in [0.2, 0.25) is 0 Å². The molecule has 0 amide bonds. The summed E-state index contributed by atoms with van der Waals surface area (Å²) in [4.78, 5) is 0. The molecule has 0 heteroatoms. The summed E-state index contributed by atoms with van der Waals surface area (Å²) in [6, 6.07) is 0. The molecular formula is C11H20. The summed E-state index contributed by atoms with van der Waals surface area (Å²) in [5, 5.41) is 0. The Kier molecular flexibility index (Phi) is 2.13. The highest BCUT2D eigenvalue weighted by Crippen LogP contribution is 2.44. The zero-order valence-electron chi connectivity index (χ0n) is 8.28. The van der Waals surface area contributed by atoms with E-state index in [0.29, 0.717) is 5.41 Å². The minimum Gasteiger partial charge on any atom is -0.0998 e. The summed E-state index contributed by atoms with van der Waals surface area (Å²) in [6.07, 6.45) is 2.55. The fourth-order valence-electron chi connectivity index (χ4n) is 1.74. The van der Waals surface area contributed by atoms with Crippen LogP contribution in [-0.4, -0.2) is 0 Å². The van der Waals surface area contributed by atoms with Crippen molar-refractivity contribution < 1.29 is 0 Å². The van der Waals surface area contributed by atoms with Gasteiger partial charge in [-0.3, -0.25) is 0 Å². The summed E-state index contributed by atoms with van der Waals surface area (Å²) < 4.78 is 0. The molecule has 0 N–H and O–H groups in total. The molecule has 0 aliphatic heterocycles. The molecule has 0 aromatic heterocycles. The van der Waals surface area contributed by atoms with Crippen LogP contribution >= 0.6 is 0 Å². The van der Waals surface area contributed by atoms with Crippen LogP contribution < -0.4 is 0 Å². The molecule has 0 spiro atoms. The second-order valence-corrected chi connectivity index (χ2v) is 5.07. The molecule has 0 aromatic carbocycles. The van der Waals surface area contributed by atoms with Gasteiger partial charge in [0.05, 0.1) is 0 Å². The maximum Gasteiger partial charge on any atom is -0.0289 e. The normalized spacial score (nSPS) is 23.1. The van der Waals surface area contributed by atoms with Gasteiger partial charge in [0.25, 0.3) is 0 Å². The van der Waals surface area contributed by atoms with Crippen LogP contribution in [-0.2, 0) is 0 Å². The molecule has 64 valence electrons. The van der Waals surface area contributed by atoms with Gasteiger partial charge in [0.1, 0.15) is 0 Å². The highest BCUT2D eigenvalue weighted by molar-refractivity contribution is 5.09. The molecule has 1 aliphatic carbocycles. The van der Waals surface area contributed by atoms with Crippen LogP contribution in [0, 0.1) is 17.3 Å². The summed E-state index contributed by atoms with van der Waals surface area (Å²) in [6.45, 7) is 13.3.